The Balaban J connectivity index is 2.20. The van der Waals surface area contributed by atoms with Crippen LogP contribution in [0.25, 0.3) is 0 Å². The average Bonchev–Trinajstić information content (AvgIpc) is 2.81. The van der Waals surface area contributed by atoms with Crippen molar-refractivity contribution < 1.29 is 14.4 Å². The van der Waals surface area contributed by atoms with E-state index >= 15 is 0 Å². The first kappa shape index (κ1) is 20.9. The zero-order valence-electron chi connectivity index (χ0n) is 17.5. The van der Waals surface area contributed by atoms with Gasteiger partial charge in [-0.3, -0.25) is 9.59 Å². The number of fused-ring (bicyclic) bond motifs is 1. The van der Waals surface area contributed by atoms with E-state index < -0.39 is 0 Å². The molecule has 1 aliphatic heterocycles. The summed E-state index contributed by atoms with van der Waals surface area (Å²) < 4.78 is 0. The molecule has 148 valence electrons. The van der Waals surface area contributed by atoms with Crippen LogP contribution < -0.4 is 0 Å². The van der Waals surface area contributed by atoms with Crippen molar-refractivity contribution in [2.75, 3.05) is 13.6 Å². The molecule has 26 heavy (non-hydrogen) atoms. The molecule has 0 aromatic heterocycles. The fourth-order valence-electron chi connectivity index (χ4n) is 4.34. The summed E-state index contributed by atoms with van der Waals surface area (Å²) in [7, 11) is 1.81. The minimum Gasteiger partial charge on any atom is -0.341 e. The van der Waals surface area contributed by atoms with Gasteiger partial charge in [-0.05, 0) is 73.1 Å². The molecule has 1 aliphatic carbocycles. The van der Waals surface area contributed by atoms with E-state index in [1.807, 2.05) is 32.7 Å². The number of nitrogens with zero attached hydrogens (tertiary/aromatic N) is 2. The van der Waals surface area contributed by atoms with Gasteiger partial charge in [0.25, 0.3) is 0 Å². The Morgan fingerprint density at radius 2 is 1.69 bits per heavy atom. The number of hydrogen-bond acceptors (Lipinski definition) is 3. The molecule has 0 N–H and O–H groups in total. The molecule has 0 aromatic rings. The van der Waals surface area contributed by atoms with Gasteiger partial charge in [0.2, 0.25) is 11.8 Å². The summed E-state index contributed by atoms with van der Waals surface area (Å²) in [5.74, 6) is 0.00689. The van der Waals surface area contributed by atoms with E-state index in [1.54, 1.807) is 4.90 Å². The minimum atomic E-state index is -0.311. The molecule has 1 saturated carbocycles. The molecule has 2 amide bonds. The lowest BCUT2D eigenvalue weighted by Crippen LogP contribution is -2.47. The van der Waals surface area contributed by atoms with Crippen LogP contribution in [0.15, 0.2) is 0 Å². The number of carbonyl (C=O) groups excluding carboxylic acids is 3. The van der Waals surface area contributed by atoms with E-state index in [9.17, 15) is 14.4 Å². The van der Waals surface area contributed by atoms with Gasteiger partial charge in [-0.1, -0.05) is 0 Å². The standard InChI is InChI=1S/C21H36N2O3/c1-20(2,3)22(7)18(25)17-11-10-16-14(8-9-15(17)13-24)12-23(19(16)26)21(4,5)6/h13-17H,8-12H2,1-7H3. The van der Waals surface area contributed by atoms with Crippen molar-refractivity contribution >= 4 is 18.1 Å². The van der Waals surface area contributed by atoms with Crippen LogP contribution in [0.5, 0.6) is 0 Å². The maximum Gasteiger partial charge on any atom is 0.226 e. The summed E-state index contributed by atoms with van der Waals surface area (Å²) in [4.78, 5) is 41.5. The van der Waals surface area contributed by atoms with Gasteiger partial charge in [0.15, 0.2) is 0 Å². The van der Waals surface area contributed by atoms with E-state index in [2.05, 4.69) is 20.8 Å². The molecule has 0 aromatic carbocycles. The predicted octanol–water partition coefficient (Wildman–Crippen LogP) is 3.12. The van der Waals surface area contributed by atoms with Crippen LogP contribution in [-0.4, -0.2) is 52.6 Å². The summed E-state index contributed by atoms with van der Waals surface area (Å²) in [6.07, 6.45) is 3.83. The summed E-state index contributed by atoms with van der Waals surface area (Å²) in [6, 6.07) is 0. The third-order valence-corrected chi connectivity index (χ3v) is 6.38. The van der Waals surface area contributed by atoms with Crippen LogP contribution in [-0.2, 0) is 14.4 Å². The first-order chi connectivity index (χ1) is 11.9. The van der Waals surface area contributed by atoms with Crippen LogP contribution in [0.4, 0.5) is 0 Å². The van der Waals surface area contributed by atoms with Crippen molar-refractivity contribution in [3.05, 3.63) is 0 Å². The molecule has 5 nitrogen and oxygen atoms in total. The molecular weight excluding hydrogens is 328 g/mol. The molecule has 1 heterocycles. The van der Waals surface area contributed by atoms with E-state index in [-0.39, 0.29) is 40.6 Å². The van der Waals surface area contributed by atoms with Gasteiger partial charge in [0.1, 0.15) is 6.29 Å². The van der Waals surface area contributed by atoms with Crippen molar-refractivity contribution in [3.8, 4) is 0 Å². The fourth-order valence-corrected chi connectivity index (χ4v) is 4.34. The quantitative estimate of drug-likeness (QED) is 0.708. The summed E-state index contributed by atoms with van der Waals surface area (Å²) in [6.45, 7) is 13.0. The topological polar surface area (TPSA) is 57.7 Å². The lowest BCUT2D eigenvalue weighted by molar-refractivity contribution is -0.143. The first-order valence-corrected chi connectivity index (χ1v) is 9.92. The largest absolute Gasteiger partial charge is 0.341 e. The van der Waals surface area contributed by atoms with Gasteiger partial charge in [-0.25, -0.2) is 0 Å². The van der Waals surface area contributed by atoms with Crippen molar-refractivity contribution in [2.24, 2.45) is 23.7 Å². The van der Waals surface area contributed by atoms with Gasteiger partial charge < -0.3 is 14.6 Å². The molecule has 0 radical (unpaired) electrons. The first-order valence-electron chi connectivity index (χ1n) is 9.92. The third-order valence-electron chi connectivity index (χ3n) is 6.38. The van der Waals surface area contributed by atoms with E-state index in [4.69, 9.17) is 0 Å². The van der Waals surface area contributed by atoms with Crippen molar-refractivity contribution in [2.45, 2.75) is 78.3 Å². The number of hydrogen-bond donors (Lipinski definition) is 0. The second kappa shape index (κ2) is 7.32. The Labute approximate surface area is 158 Å². The second-order valence-corrected chi connectivity index (χ2v) is 10.1. The molecule has 2 fully saturated rings. The highest BCUT2D eigenvalue weighted by Gasteiger charge is 2.46. The number of aldehydes is 1. The number of likely N-dealkylation sites (tertiary alicyclic amines) is 1. The van der Waals surface area contributed by atoms with Gasteiger partial charge in [0.05, 0.1) is 0 Å². The smallest absolute Gasteiger partial charge is 0.226 e. The molecule has 2 aliphatic rings. The summed E-state index contributed by atoms with van der Waals surface area (Å²) >= 11 is 0. The summed E-state index contributed by atoms with van der Waals surface area (Å²) in [5, 5.41) is 0. The highest BCUT2D eigenvalue weighted by Crippen LogP contribution is 2.41. The van der Waals surface area contributed by atoms with Gasteiger partial charge in [-0.2, -0.15) is 0 Å². The van der Waals surface area contributed by atoms with Gasteiger partial charge in [0, 0.05) is 42.4 Å². The zero-order chi connectivity index (χ0) is 19.9. The SMILES string of the molecule is CN(C(=O)C1CCC2C(=O)N(C(C)(C)C)CC2CCC1C=O)C(C)(C)C. The average molecular weight is 365 g/mol. The molecule has 4 unspecified atom stereocenters. The van der Waals surface area contributed by atoms with E-state index in [1.165, 1.54) is 0 Å². The van der Waals surface area contributed by atoms with Crippen LogP contribution in [0.2, 0.25) is 0 Å². The molecule has 0 bridgehead atoms. The van der Waals surface area contributed by atoms with Crippen LogP contribution in [0, 0.1) is 23.7 Å². The lowest BCUT2D eigenvalue weighted by Gasteiger charge is -2.37. The van der Waals surface area contributed by atoms with Crippen molar-refractivity contribution in [1.29, 1.82) is 0 Å². The monoisotopic (exact) mass is 364 g/mol. The zero-order valence-corrected chi connectivity index (χ0v) is 17.5. The summed E-state index contributed by atoms with van der Waals surface area (Å²) in [5.41, 5.74) is -0.453. The third kappa shape index (κ3) is 4.12. The molecule has 2 rings (SSSR count). The van der Waals surface area contributed by atoms with Gasteiger partial charge >= 0.3 is 0 Å². The minimum absolute atomic E-state index is 0.00271. The molecule has 1 saturated heterocycles. The van der Waals surface area contributed by atoms with Gasteiger partial charge in [-0.15, -0.1) is 0 Å². The Hall–Kier alpha value is -1.39. The van der Waals surface area contributed by atoms with Crippen molar-refractivity contribution in [1.82, 2.24) is 9.80 Å². The maximum atomic E-state index is 13.0. The van der Waals surface area contributed by atoms with Crippen LogP contribution >= 0.6 is 0 Å². The van der Waals surface area contributed by atoms with Crippen LogP contribution in [0.3, 0.4) is 0 Å². The predicted molar refractivity (Wildman–Crippen MR) is 102 cm³/mol. The maximum absolute atomic E-state index is 13.0. The Morgan fingerprint density at radius 1 is 1.08 bits per heavy atom. The van der Waals surface area contributed by atoms with E-state index in [0.29, 0.717) is 25.2 Å². The second-order valence-electron chi connectivity index (χ2n) is 10.1. The van der Waals surface area contributed by atoms with Crippen LogP contribution in [0.1, 0.15) is 67.2 Å². The molecule has 0 spiro atoms. The Morgan fingerprint density at radius 3 is 2.19 bits per heavy atom. The van der Waals surface area contributed by atoms with Crippen molar-refractivity contribution in [3.63, 3.8) is 0 Å². The van der Waals surface area contributed by atoms with E-state index in [0.717, 1.165) is 19.3 Å². The fraction of sp³-hybridized carbons (Fsp3) is 0.857. The Bertz CT molecular complexity index is 559. The number of rotatable bonds is 2. The number of carbonyl (C=O) groups is 3. The lowest BCUT2D eigenvalue weighted by atomic mass is 9.75. The highest BCUT2D eigenvalue weighted by atomic mass is 16.2. The normalized spacial score (nSPS) is 30.4. The number of amides is 2. The molecule has 4 atom stereocenters. The highest BCUT2D eigenvalue weighted by molar-refractivity contribution is 5.84. The molecular formula is C21H36N2O3. The Kier molecular flexibility index (Phi) is 5.89. The molecule has 5 heteroatoms.